The van der Waals surface area contributed by atoms with E-state index in [1.54, 1.807) is 0 Å². The topological polar surface area (TPSA) is 12.0 Å². The summed E-state index contributed by atoms with van der Waals surface area (Å²) in [7, 11) is 0. The molecule has 0 saturated carbocycles. The van der Waals surface area contributed by atoms with Crippen molar-refractivity contribution in [1.82, 2.24) is 5.32 Å². The van der Waals surface area contributed by atoms with Gasteiger partial charge in [0.1, 0.15) is 11.6 Å². The monoisotopic (exact) mass is 197 g/mol. The fourth-order valence-corrected chi connectivity index (χ4v) is 1.93. The molecule has 0 aromatic heterocycles. The second-order valence-electron chi connectivity index (χ2n) is 3.97. The molecule has 1 heterocycles. The second kappa shape index (κ2) is 3.65. The highest BCUT2D eigenvalue weighted by molar-refractivity contribution is 5.23. The van der Waals surface area contributed by atoms with E-state index >= 15 is 0 Å². The lowest BCUT2D eigenvalue weighted by Crippen LogP contribution is -2.14. The average Bonchev–Trinajstić information content (AvgIpc) is 2.56. The van der Waals surface area contributed by atoms with Gasteiger partial charge in [0.15, 0.2) is 0 Å². The molecule has 1 nitrogen and oxygen atoms in total. The van der Waals surface area contributed by atoms with Gasteiger partial charge in [-0.1, -0.05) is 6.92 Å². The molecular weight excluding hydrogens is 184 g/mol. The van der Waals surface area contributed by atoms with E-state index < -0.39 is 0 Å². The van der Waals surface area contributed by atoms with Crippen LogP contribution >= 0.6 is 0 Å². The number of hydrogen-bond donors (Lipinski definition) is 1. The molecule has 2 rings (SSSR count). The first kappa shape index (κ1) is 9.59. The molecule has 2 atom stereocenters. The maximum atomic E-state index is 13.3. The normalized spacial score (nSPS) is 26.8. The van der Waals surface area contributed by atoms with Gasteiger partial charge in [0.2, 0.25) is 0 Å². The minimum atomic E-state index is -0.372. The molecule has 1 N–H and O–H groups in total. The molecule has 1 aromatic rings. The summed E-state index contributed by atoms with van der Waals surface area (Å²) in [4.78, 5) is 0. The Hall–Kier alpha value is -0.960. The van der Waals surface area contributed by atoms with Crippen LogP contribution in [0.15, 0.2) is 18.2 Å². The number of rotatable bonds is 1. The summed E-state index contributed by atoms with van der Waals surface area (Å²) < 4.78 is 26.2. The van der Waals surface area contributed by atoms with E-state index in [1.807, 2.05) is 0 Å². The van der Waals surface area contributed by atoms with E-state index in [-0.39, 0.29) is 17.7 Å². The largest absolute Gasteiger partial charge is 0.310 e. The van der Waals surface area contributed by atoms with Crippen LogP contribution in [0.2, 0.25) is 0 Å². The Labute approximate surface area is 82.1 Å². The van der Waals surface area contributed by atoms with Crippen molar-refractivity contribution in [2.75, 3.05) is 6.54 Å². The molecule has 1 fully saturated rings. The molecule has 1 aliphatic heterocycles. The molecule has 1 aromatic carbocycles. The first-order valence-corrected chi connectivity index (χ1v) is 4.85. The third-order valence-electron chi connectivity index (χ3n) is 2.68. The third kappa shape index (κ3) is 1.77. The number of halogens is 2. The summed E-state index contributed by atoms with van der Waals surface area (Å²) in [5, 5.41) is 3.18. The van der Waals surface area contributed by atoms with Crippen LogP contribution in [0.25, 0.3) is 0 Å². The molecule has 0 spiro atoms. The fraction of sp³-hybridized carbons (Fsp3) is 0.455. The van der Waals surface area contributed by atoms with Crippen LogP contribution in [0.1, 0.15) is 24.9 Å². The van der Waals surface area contributed by atoms with Crippen molar-refractivity contribution in [2.24, 2.45) is 5.92 Å². The SMILES string of the molecule is C[C@@H]1CN[C@@H](c2cc(F)ccc2F)C1. The highest BCUT2D eigenvalue weighted by Crippen LogP contribution is 2.28. The van der Waals surface area contributed by atoms with E-state index in [1.165, 1.54) is 12.1 Å². The van der Waals surface area contributed by atoms with E-state index in [0.717, 1.165) is 19.0 Å². The molecular formula is C11H13F2N. The first-order valence-electron chi connectivity index (χ1n) is 4.85. The van der Waals surface area contributed by atoms with E-state index in [9.17, 15) is 8.78 Å². The van der Waals surface area contributed by atoms with Crippen molar-refractivity contribution in [1.29, 1.82) is 0 Å². The zero-order valence-electron chi connectivity index (χ0n) is 8.06. The maximum Gasteiger partial charge on any atom is 0.128 e. The van der Waals surface area contributed by atoms with E-state index in [4.69, 9.17) is 0 Å². The van der Waals surface area contributed by atoms with Crippen molar-refractivity contribution in [3.63, 3.8) is 0 Å². The number of benzene rings is 1. The summed E-state index contributed by atoms with van der Waals surface area (Å²) in [5.74, 6) is -0.163. The maximum absolute atomic E-state index is 13.3. The molecule has 76 valence electrons. The van der Waals surface area contributed by atoms with Gasteiger partial charge in [0, 0.05) is 11.6 Å². The lowest BCUT2D eigenvalue weighted by Gasteiger charge is -2.11. The Morgan fingerprint density at radius 2 is 2.14 bits per heavy atom. The summed E-state index contributed by atoms with van der Waals surface area (Å²) in [6, 6.07) is 3.60. The quantitative estimate of drug-likeness (QED) is 0.729. The Morgan fingerprint density at radius 1 is 1.36 bits per heavy atom. The Balaban J connectivity index is 2.27. The Morgan fingerprint density at radius 3 is 2.79 bits per heavy atom. The molecule has 14 heavy (non-hydrogen) atoms. The predicted octanol–water partition coefficient (Wildman–Crippen LogP) is 2.64. The van der Waals surface area contributed by atoms with Gasteiger partial charge >= 0.3 is 0 Å². The Bertz CT molecular complexity index is 338. The summed E-state index contributed by atoms with van der Waals surface area (Å²) in [6.07, 6.45) is 0.875. The van der Waals surface area contributed by atoms with Crippen LogP contribution in [0, 0.1) is 17.6 Å². The van der Waals surface area contributed by atoms with Crippen molar-refractivity contribution in [3.05, 3.63) is 35.4 Å². The van der Waals surface area contributed by atoms with Gasteiger partial charge < -0.3 is 5.32 Å². The van der Waals surface area contributed by atoms with Crippen LogP contribution in [0.4, 0.5) is 8.78 Å². The van der Waals surface area contributed by atoms with Crippen molar-refractivity contribution >= 4 is 0 Å². The van der Waals surface area contributed by atoms with E-state index in [0.29, 0.717) is 11.5 Å². The zero-order valence-corrected chi connectivity index (χ0v) is 8.06. The van der Waals surface area contributed by atoms with Gasteiger partial charge in [-0.05, 0) is 37.1 Å². The van der Waals surface area contributed by atoms with Crippen LogP contribution in [-0.4, -0.2) is 6.54 Å². The summed E-state index contributed by atoms with van der Waals surface area (Å²) >= 11 is 0. The standard InChI is InChI=1S/C11H13F2N/c1-7-4-11(14-6-7)9-5-8(12)2-3-10(9)13/h2-3,5,7,11,14H,4,6H2,1H3/t7-,11+/m0/s1. The molecule has 0 amide bonds. The van der Waals surface area contributed by atoms with Crippen LogP contribution in [0.5, 0.6) is 0 Å². The van der Waals surface area contributed by atoms with Crippen LogP contribution in [0.3, 0.4) is 0 Å². The molecule has 0 aliphatic carbocycles. The summed E-state index contributed by atoms with van der Waals surface area (Å²) in [5.41, 5.74) is 0.453. The Kier molecular flexibility index (Phi) is 2.50. The van der Waals surface area contributed by atoms with E-state index in [2.05, 4.69) is 12.2 Å². The van der Waals surface area contributed by atoms with Gasteiger partial charge in [0.05, 0.1) is 0 Å². The number of hydrogen-bond acceptors (Lipinski definition) is 1. The average molecular weight is 197 g/mol. The second-order valence-corrected chi connectivity index (χ2v) is 3.97. The molecule has 1 aliphatic rings. The van der Waals surface area contributed by atoms with Gasteiger partial charge in [0.25, 0.3) is 0 Å². The van der Waals surface area contributed by atoms with Gasteiger partial charge in [-0.25, -0.2) is 8.78 Å². The van der Waals surface area contributed by atoms with Gasteiger partial charge in [-0.2, -0.15) is 0 Å². The molecule has 3 heteroatoms. The summed E-state index contributed by atoms with van der Waals surface area (Å²) in [6.45, 7) is 2.98. The van der Waals surface area contributed by atoms with Crippen molar-refractivity contribution in [3.8, 4) is 0 Å². The van der Waals surface area contributed by atoms with Crippen LogP contribution in [-0.2, 0) is 0 Å². The third-order valence-corrected chi connectivity index (χ3v) is 2.68. The lowest BCUT2D eigenvalue weighted by molar-refractivity contribution is 0.536. The minimum absolute atomic E-state index is 0.0271. The molecule has 0 radical (unpaired) electrons. The number of nitrogens with one attached hydrogen (secondary N) is 1. The zero-order chi connectivity index (χ0) is 10.1. The van der Waals surface area contributed by atoms with Crippen molar-refractivity contribution < 1.29 is 8.78 Å². The van der Waals surface area contributed by atoms with Gasteiger partial charge in [-0.3, -0.25) is 0 Å². The fourth-order valence-electron chi connectivity index (χ4n) is 1.93. The lowest BCUT2D eigenvalue weighted by atomic mass is 10.0. The minimum Gasteiger partial charge on any atom is -0.310 e. The highest BCUT2D eigenvalue weighted by atomic mass is 19.1. The molecule has 0 unspecified atom stereocenters. The smallest absolute Gasteiger partial charge is 0.128 e. The molecule has 0 bridgehead atoms. The highest BCUT2D eigenvalue weighted by Gasteiger charge is 2.24. The van der Waals surface area contributed by atoms with Crippen molar-refractivity contribution in [2.45, 2.75) is 19.4 Å². The predicted molar refractivity (Wildman–Crippen MR) is 50.9 cm³/mol. The first-order chi connectivity index (χ1) is 6.66. The molecule has 1 saturated heterocycles. The van der Waals surface area contributed by atoms with Crippen LogP contribution < -0.4 is 5.32 Å². The van der Waals surface area contributed by atoms with Gasteiger partial charge in [-0.15, -0.1) is 0 Å².